The van der Waals surface area contributed by atoms with E-state index in [0.717, 1.165) is 4.88 Å². The van der Waals surface area contributed by atoms with Gasteiger partial charge in [0.05, 0.1) is 27.9 Å². The van der Waals surface area contributed by atoms with E-state index in [1.54, 1.807) is 18.5 Å². The number of benzene rings is 1. The van der Waals surface area contributed by atoms with Crippen LogP contribution < -0.4 is 5.32 Å². The van der Waals surface area contributed by atoms with Gasteiger partial charge in [-0.3, -0.25) is 4.79 Å². The molecule has 31 heavy (non-hydrogen) atoms. The van der Waals surface area contributed by atoms with Crippen molar-refractivity contribution in [3.05, 3.63) is 56.1 Å². The lowest BCUT2D eigenvalue weighted by Gasteiger charge is -2.17. The van der Waals surface area contributed by atoms with Crippen LogP contribution in [0.3, 0.4) is 0 Å². The first kappa shape index (κ1) is 22.1. The average molecular weight is 498 g/mol. The summed E-state index contributed by atoms with van der Waals surface area (Å²) in [5.74, 6) is -0.380. The number of amides is 1. The second kappa shape index (κ2) is 7.79. The Morgan fingerprint density at radius 2 is 1.94 bits per heavy atom. The fourth-order valence-electron chi connectivity index (χ4n) is 3.04. The van der Waals surface area contributed by atoms with Crippen LogP contribution in [-0.2, 0) is 5.67 Å². The third kappa shape index (κ3) is 4.31. The number of hydrogen-bond donors (Lipinski definition) is 1. The first-order chi connectivity index (χ1) is 14.5. The molecule has 160 valence electrons. The van der Waals surface area contributed by atoms with E-state index in [1.807, 2.05) is 0 Å². The maximum Gasteiger partial charge on any atom is 0.254 e. The van der Waals surface area contributed by atoms with Crippen molar-refractivity contribution in [1.29, 1.82) is 5.26 Å². The Hall–Kier alpha value is -2.11. The van der Waals surface area contributed by atoms with Gasteiger partial charge < -0.3 is 5.32 Å². The van der Waals surface area contributed by atoms with E-state index in [4.69, 9.17) is 34.8 Å². The van der Waals surface area contributed by atoms with E-state index in [0.29, 0.717) is 39.6 Å². The van der Waals surface area contributed by atoms with Gasteiger partial charge in [0.2, 0.25) is 0 Å². The Bertz CT molecular complexity index is 1210. The third-order valence-electron chi connectivity index (χ3n) is 5.05. The molecule has 1 aliphatic carbocycles. The average Bonchev–Trinajstić information content (AvgIpc) is 3.09. The lowest BCUT2D eigenvalue weighted by molar-refractivity contribution is 0.0942. The van der Waals surface area contributed by atoms with Gasteiger partial charge in [0.25, 0.3) is 5.91 Å². The minimum Gasteiger partial charge on any atom is -0.334 e. The lowest BCUT2D eigenvalue weighted by Crippen LogP contribution is -2.35. The zero-order valence-corrected chi connectivity index (χ0v) is 19.6. The van der Waals surface area contributed by atoms with Gasteiger partial charge in [0.15, 0.2) is 0 Å². The predicted octanol–water partition coefficient (Wildman–Crippen LogP) is 6.55. The van der Waals surface area contributed by atoms with Gasteiger partial charge in [-0.05, 0) is 50.5 Å². The van der Waals surface area contributed by atoms with Crippen molar-refractivity contribution in [1.82, 2.24) is 15.1 Å². The first-order valence-corrected chi connectivity index (χ1v) is 11.2. The van der Waals surface area contributed by atoms with Crippen LogP contribution in [0.5, 0.6) is 0 Å². The summed E-state index contributed by atoms with van der Waals surface area (Å²) in [6, 6.07) is 6.84. The zero-order chi connectivity index (χ0) is 22.6. The van der Waals surface area contributed by atoms with Gasteiger partial charge in [-0.25, -0.2) is 9.07 Å². The number of halogens is 4. The Labute approximate surface area is 197 Å². The Balaban J connectivity index is 1.63. The van der Waals surface area contributed by atoms with E-state index in [-0.39, 0.29) is 16.0 Å². The van der Waals surface area contributed by atoms with Crippen molar-refractivity contribution < 1.29 is 9.18 Å². The summed E-state index contributed by atoms with van der Waals surface area (Å²) >= 11 is 20.3. The number of hydrogen-bond acceptors (Lipinski definition) is 4. The molecule has 0 unspecified atom stereocenters. The maximum absolute atomic E-state index is 14.3. The van der Waals surface area contributed by atoms with Gasteiger partial charge in [-0.15, -0.1) is 11.3 Å². The number of thiophene rings is 1. The van der Waals surface area contributed by atoms with Crippen LogP contribution in [0.2, 0.25) is 14.4 Å². The second-order valence-corrected chi connectivity index (χ2v) is 10.3. The standard InChI is InChI=1S/C21H16Cl3FN4OS/c1-20(2,25)12-5-14(22)17(15(23)6-12)29-9-11(8-27-29)16-7-13(18(24)31-16)19(30)28-21(10-26)3-4-21/h5-9H,3-4H2,1-2H3,(H,28,30). The summed E-state index contributed by atoms with van der Waals surface area (Å²) in [5.41, 5.74) is -0.564. The molecule has 1 N–H and O–H groups in total. The molecule has 2 heterocycles. The highest BCUT2D eigenvalue weighted by molar-refractivity contribution is 7.19. The van der Waals surface area contributed by atoms with Gasteiger partial charge in [-0.2, -0.15) is 10.4 Å². The van der Waals surface area contributed by atoms with Gasteiger partial charge in [-0.1, -0.05) is 34.8 Å². The summed E-state index contributed by atoms with van der Waals surface area (Å²) in [7, 11) is 0. The number of alkyl halides is 1. The number of aromatic nitrogens is 2. The zero-order valence-electron chi connectivity index (χ0n) is 16.5. The molecule has 1 fully saturated rings. The summed E-state index contributed by atoms with van der Waals surface area (Å²) < 4.78 is 16.1. The van der Waals surface area contributed by atoms with E-state index in [2.05, 4.69) is 16.5 Å². The number of carbonyl (C=O) groups excluding carboxylic acids is 1. The molecule has 0 atom stereocenters. The van der Waals surface area contributed by atoms with Crippen molar-refractivity contribution in [3.8, 4) is 22.2 Å². The highest BCUT2D eigenvalue weighted by Crippen LogP contribution is 2.39. The normalized spacial score (nSPS) is 14.9. The fourth-order valence-corrected chi connectivity index (χ4v) is 4.94. The highest BCUT2D eigenvalue weighted by Gasteiger charge is 2.45. The minimum absolute atomic E-state index is 0.262. The topological polar surface area (TPSA) is 70.7 Å². The second-order valence-electron chi connectivity index (χ2n) is 7.88. The van der Waals surface area contributed by atoms with Gasteiger partial charge in [0.1, 0.15) is 21.2 Å². The van der Waals surface area contributed by atoms with Crippen molar-refractivity contribution in [2.45, 2.75) is 37.9 Å². The van der Waals surface area contributed by atoms with Crippen molar-refractivity contribution >= 4 is 52.0 Å². The number of carbonyl (C=O) groups is 1. The molecule has 0 aliphatic heterocycles. The summed E-state index contributed by atoms with van der Waals surface area (Å²) in [6.07, 6.45) is 4.57. The lowest BCUT2D eigenvalue weighted by atomic mass is 10.00. The molecule has 0 radical (unpaired) electrons. The van der Waals surface area contributed by atoms with Crippen LogP contribution in [0.1, 0.15) is 42.6 Å². The predicted molar refractivity (Wildman–Crippen MR) is 121 cm³/mol. The molecular formula is C21H16Cl3FN4OS. The van der Waals surface area contributed by atoms with Crippen molar-refractivity contribution in [2.75, 3.05) is 0 Å². The van der Waals surface area contributed by atoms with Crippen molar-refractivity contribution in [2.24, 2.45) is 0 Å². The fraction of sp³-hybridized carbons (Fsp3) is 0.286. The Kier molecular flexibility index (Phi) is 5.55. The Morgan fingerprint density at radius 3 is 2.48 bits per heavy atom. The van der Waals surface area contributed by atoms with Crippen LogP contribution in [-0.4, -0.2) is 21.2 Å². The number of nitrogens with one attached hydrogen (secondary N) is 1. The van der Waals surface area contributed by atoms with Gasteiger partial charge >= 0.3 is 0 Å². The summed E-state index contributed by atoms with van der Waals surface area (Å²) in [5, 5.41) is 16.8. The third-order valence-corrected chi connectivity index (χ3v) is 7.03. The number of nitriles is 1. The van der Waals surface area contributed by atoms with E-state index in [9.17, 15) is 14.4 Å². The molecule has 10 heteroatoms. The van der Waals surface area contributed by atoms with Crippen LogP contribution in [0.15, 0.2) is 30.6 Å². The molecule has 4 rings (SSSR count). The molecule has 1 aromatic carbocycles. The molecule has 1 amide bonds. The smallest absolute Gasteiger partial charge is 0.254 e. The number of rotatable bonds is 5. The summed E-state index contributed by atoms with van der Waals surface area (Å²) in [6.45, 7) is 2.85. The molecule has 1 aliphatic rings. The van der Waals surface area contributed by atoms with Crippen LogP contribution >= 0.6 is 46.1 Å². The SMILES string of the molecule is CC(C)(F)c1cc(Cl)c(-n2cc(-c3cc(C(=O)NC4(C#N)CC4)c(Cl)s3)cn2)c(Cl)c1. The molecule has 0 bridgehead atoms. The molecule has 0 saturated heterocycles. The quantitative estimate of drug-likeness (QED) is 0.434. The van der Waals surface area contributed by atoms with E-state index >= 15 is 0 Å². The monoisotopic (exact) mass is 496 g/mol. The van der Waals surface area contributed by atoms with Crippen LogP contribution in [0.25, 0.3) is 16.1 Å². The van der Waals surface area contributed by atoms with Crippen molar-refractivity contribution in [3.63, 3.8) is 0 Å². The molecule has 5 nitrogen and oxygen atoms in total. The Morgan fingerprint density at radius 1 is 1.29 bits per heavy atom. The first-order valence-electron chi connectivity index (χ1n) is 9.30. The largest absolute Gasteiger partial charge is 0.334 e. The van der Waals surface area contributed by atoms with Crippen LogP contribution in [0.4, 0.5) is 4.39 Å². The number of nitrogens with zero attached hydrogens (tertiary/aromatic N) is 3. The molecular weight excluding hydrogens is 482 g/mol. The highest BCUT2D eigenvalue weighted by atomic mass is 35.5. The van der Waals surface area contributed by atoms with E-state index < -0.39 is 11.2 Å². The molecule has 2 aromatic heterocycles. The van der Waals surface area contributed by atoms with Gasteiger partial charge in [0, 0.05) is 16.6 Å². The van der Waals surface area contributed by atoms with E-state index in [1.165, 1.54) is 42.0 Å². The maximum atomic E-state index is 14.3. The molecule has 0 spiro atoms. The van der Waals surface area contributed by atoms with Crippen LogP contribution in [0, 0.1) is 11.3 Å². The molecule has 3 aromatic rings. The molecule has 1 saturated carbocycles. The summed E-state index contributed by atoms with van der Waals surface area (Å²) in [4.78, 5) is 13.2. The minimum atomic E-state index is -1.59.